The Morgan fingerprint density at radius 3 is 2.69 bits per heavy atom. The normalized spacial score (nSPS) is 20.6. The number of nitrogens with two attached hydrogens (primary N) is 1. The van der Waals surface area contributed by atoms with Crippen molar-refractivity contribution in [2.75, 3.05) is 6.54 Å². The van der Waals surface area contributed by atoms with Crippen LogP contribution in [0.15, 0.2) is 18.2 Å². The van der Waals surface area contributed by atoms with E-state index in [0.29, 0.717) is 30.9 Å². The standard InChI is InChI=1S/C12H14F3N/c13-12(14,15)11-3-1-2-9-6-8(7-16)4-5-10(9)11/h1-3,8H,4-7,16H2. The van der Waals surface area contributed by atoms with Crippen LogP contribution in [-0.4, -0.2) is 6.54 Å². The van der Waals surface area contributed by atoms with Crippen molar-refractivity contribution in [1.82, 2.24) is 0 Å². The molecule has 4 heteroatoms. The molecule has 0 saturated carbocycles. The number of rotatable bonds is 1. The third-order valence-electron chi connectivity index (χ3n) is 3.22. The molecule has 0 radical (unpaired) electrons. The molecule has 1 aliphatic carbocycles. The largest absolute Gasteiger partial charge is 0.416 e. The van der Waals surface area contributed by atoms with Gasteiger partial charge >= 0.3 is 6.18 Å². The zero-order chi connectivity index (χ0) is 11.8. The van der Waals surface area contributed by atoms with E-state index < -0.39 is 11.7 Å². The van der Waals surface area contributed by atoms with Crippen molar-refractivity contribution in [3.8, 4) is 0 Å². The molecule has 0 amide bonds. The van der Waals surface area contributed by atoms with Gasteiger partial charge in [-0.1, -0.05) is 12.1 Å². The number of benzene rings is 1. The van der Waals surface area contributed by atoms with Crippen LogP contribution in [-0.2, 0) is 19.0 Å². The van der Waals surface area contributed by atoms with Crippen LogP contribution < -0.4 is 5.73 Å². The van der Waals surface area contributed by atoms with Crippen LogP contribution in [0.25, 0.3) is 0 Å². The van der Waals surface area contributed by atoms with E-state index in [0.717, 1.165) is 12.0 Å². The summed E-state index contributed by atoms with van der Waals surface area (Å²) < 4.78 is 38.2. The highest BCUT2D eigenvalue weighted by atomic mass is 19.4. The zero-order valence-corrected chi connectivity index (χ0v) is 8.85. The summed E-state index contributed by atoms with van der Waals surface area (Å²) in [5.74, 6) is 0.330. The van der Waals surface area contributed by atoms with Gasteiger partial charge in [-0.05, 0) is 48.9 Å². The highest BCUT2D eigenvalue weighted by molar-refractivity contribution is 5.39. The summed E-state index contributed by atoms with van der Waals surface area (Å²) in [6, 6.07) is 4.44. The minimum Gasteiger partial charge on any atom is -0.330 e. The van der Waals surface area contributed by atoms with Gasteiger partial charge in [0.1, 0.15) is 0 Å². The van der Waals surface area contributed by atoms with E-state index in [1.165, 1.54) is 12.1 Å². The highest BCUT2D eigenvalue weighted by Gasteiger charge is 2.35. The maximum absolute atomic E-state index is 12.7. The second-order valence-electron chi connectivity index (χ2n) is 4.29. The second-order valence-corrected chi connectivity index (χ2v) is 4.29. The summed E-state index contributed by atoms with van der Waals surface area (Å²) in [4.78, 5) is 0. The van der Waals surface area contributed by atoms with Crippen LogP contribution in [0.2, 0.25) is 0 Å². The van der Waals surface area contributed by atoms with Gasteiger partial charge in [-0.3, -0.25) is 0 Å². The molecular formula is C12H14F3N. The summed E-state index contributed by atoms with van der Waals surface area (Å²) in [7, 11) is 0. The predicted molar refractivity (Wildman–Crippen MR) is 56.0 cm³/mol. The van der Waals surface area contributed by atoms with Gasteiger partial charge < -0.3 is 5.73 Å². The summed E-state index contributed by atoms with van der Waals surface area (Å²) in [5, 5.41) is 0. The van der Waals surface area contributed by atoms with E-state index in [4.69, 9.17) is 5.73 Å². The number of hydrogen-bond acceptors (Lipinski definition) is 1. The topological polar surface area (TPSA) is 26.0 Å². The fourth-order valence-corrected chi connectivity index (χ4v) is 2.35. The first kappa shape index (κ1) is 11.5. The molecule has 0 heterocycles. The Labute approximate surface area is 92.5 Å². The van der Waals surface area contributed by atoms with Crippen LogP contribution in [0, 0.1) is 5.92 Å². The van der Waals surface area contributed by atoms with Gasteiger partial charge in [-0.2, -0.15) is 13.2 Å². The quantitative estimate of drug-likeness (QED) is 0.787. The molecule has 88 valence electrons. The minimum atomic E-state index is -4.24. The SMILES string of the molecule is NCC1CCc2c(cccc2C(F)(F)F)C1. The summed E-state index contributed by atoms with van der Waals surface area (Å²) >= 11 is 0. The molecule has 1 aromatic carbocycles. The molecule has 0 saturated heterocycles. The van der Waals surface area contributed by atoms with Crippen LogP contribution in [0.5, 0.6) is 0 Å². The van der Waals surface area contributed by atoms with Crippen molar-refractivity contribution in [3.05, 3.63) is 34.9 Å². The Balaban J connectivity index is 2.39. The lowest BCUT2D eigenvalue weighted by atomic mass is 9.82. The summed E-state index contributed by atoms with van der Waals surface area (Å²) in [6.07, 6.45) is -2.31. The molecule has 1 aliphatic rings. The number of halogens is 3. The van der Waals surface area contributed by atoms with E-state index >= 15 is 0 Å². The van der Waals surface area contributed by atoms with Gasteiger partial charge in [0.05, 0.1) is 5.56 Å². The van der Waals surface area contributed by atoms with Crippen molar-refractivity contribution < 1.29 is 13.2 Å². The highest BCUT2D eigenvalue weighted by Crippen LogP contribution is 2.37. The predicted octanol–water partition coefficient (Wildman–Crippen LogP) is 2.77. The Bertz CT molecular complexity index is 384. The first-order chi connectivity index (χ1) is 7.52. The Kier molecular flexibility index (Phi) is 2.93. The number of fused-ring (bicyclic) bond motifs is 1. The minimum absolute atomic E-state index is 0.330. The molecule has 2 rings (SSSR count). The Hall–Kier alpha value is -1.03. The number of alkyl halides is 3. The second kappa shape index (κ2) is 4.09. The van der Waals surface area contributed by atoms with E-state index in [9.17, 15) is 13.2 Å². The maximum atomic E-state index is 12.7. The molecule has 1 nitrogen and oxygen atoms in total. The molecule has 0 aliphatic heterocycles. The van der Waals surface area contributed by atoms with E-state index in [-0.39, 0.29) is 0 Å². The average molecular weight is 229 g/mol. The lowest BCUT2D eigenvalue weighted by Crippen LogP contribution is -2.24. The lowest BCUT2D eigenvalue weighted by Gasteiger charge is -2.26. The van der Waals surface area contributed by atoms with E-state index in [1.54, 1.807) is 6.07 Å². The van der Waals surface area contributed by atoms with E-state index in [2.05, 4.69) is 0 Å². The third kappa shape index (κ3) is 2.07. The smallest absolute Gasteiger partial charge is 0.330 e. The van der Waals surface area contributed by atoms with E-state index in [1.807, 2.05) is 0 Å². The molecule has 1 atom stereocenters. The monoisotopic (exact) mass is 229 g/mol. The number of hydrogen-bond donors (Lipinski definition) is 1. The Morgan fingerprint density at radius 2 is 2.06 bits per heavy atom. The van der Waals surface area contributed by atoms with Gasteiger partial charge in [0.2, 0.25) is 0 Å². The molecular weight excluding hydrogens is 215 g/mol. The molecule has 0 fully saturated rings. The van der Waals surface area contributed by atoms with Crippen molar-refractivity contribution in [2.24, 2.45) is 11.7 Å². The van der Waals surface area contributed by atoms with Crippen molar-refractivity contribution in [1.29, 1.82) is 0 Å². The molecule has 16 heavy (non-hydrogen) atoms. The van der Waals surface area contributed by atoms with Gasteiger partial charge in [-0.15, -0.1) is 0 Å². The molecule has 1 aromatic rings. The van der Waals surface area contributed by atoms with Crippen LogP contribution in [0.4, 0.5) is 13.2 Å². The maximum Gasteiger partial charge on any atom is 0.416 e. The van der Waals surface area contributed by atoms with Gasteiger partial charge in [0.25, 0.3) is 0 Å². The van der Waals surface area contributed by atoms with Gasteiger partial charge in [-0.25, -0.2) is 0 Å². The lowest BCUT2D eigenvalue weighted by molar-refractivity contribution is -0.138. The zero-order valence-electron chi connectivity index (χ0n) is 8.85. The first-order valence-electron chi connectivity index (χ1n) is 5.40. The van der Waals surface area contributed by atoms with Gasteiger partial charge in [0.15, 0.2) is 0 Å². The van der Waals surface area contributed by atoms with Crippen molar-refractivity contribution >= 4 is 0 Å². The summed E-state index contributed by atoms with van der Waals surface area (Å²) in [6.45, 7) is 0.551. The molecule has 0 bridgehead atoms. The fourth-order valence-electron chi connectivity index (χ4n) is 2.35. The first-order valence-corrected chi connectivity index (χ1v) is 5.40. The van der Waals surface area contributed by atoms with Crippen LogP contribution in [0.1, 0.15) is 23.1 Å². The van der Waals surface area contributed by atoms with Crippen molar-refractivity contribution in [2.45, 2.75) is 25.4 Å². The Morgan fingerprint density at radius 1 is 1.31 bits per heavy atom. The van der Waals surface area contributed by atoms with Crippen molar-refractivity contribution in [3.63, 3.8) is 0 Å². The molecule has 0 spiro atoms. The van der Waals surface area contributed by atoms with Crippen LogP contribution in [0.3, 0.4) is 0 Å². The molecule has 1 unspecified atom stereocenters. The van der Waals surface area contributed by atoms with Gasteiger partial charge in [0, 0.05) is 0 Å². The fraction of sp³-hybridized carbons (Fsp3) is 0.500. The third-order valence-corrected chi connectivity index (χ3v) is 3.22. The molecule has 2 N–H and O–H groups in total. The molecule has 0 aromatic heterocycles. The average Bonchev–Trinajstić information content (AvgIpc) is 2.26. The van der Waals surface area contributed by atoms with Crippen LogP contribution >= 0.6 is 0 Å². The summed E-state index contributed by atoms with van der Waals surface area (Å²) in [5.41, 5.74) is 6.38.